The van der Waals surface area contributed by atoms with Gasteiger partial charge in [-0.2, -0.15) is 0 Å². The summed E-state index contributed by atoms with van der Waals surface area (Å²) in [6, 6.07) is 21.1. The average Bonchev–Trinajstić information content (AvgIpc) is 3.23. The lowest BCUT2D eigenvalue weighted by molar-refractivity contribution is 0.0999. The molecule has 3 N–H and O–H groups in total. The van der Waals surface area contributed by atoms with Gasteiger partial charge in [-0.15, -0.1) is 0 Å². The van der Waals surface area contributed by atoms with Gasteiger partial charge in [0, 0.05) is 37.8 Å². The van der Waals surface area contributed by atoms with E-state index >= 15 is 0 Å². The Balaban J connectivity index is 1.59. The standard InChI is InChI=1S/C28H31N3O2/c1-33-26-9-5-3-6-19(26)10-11-25(31-14-12-30-13-15-31)24-18-22(28(29)32)17-21-16-20-7-2-4-8-23(20)27(21)24/h2-9,17-18,25,30H,10-16H2,1H3,(H2,29,32). The van der Waals surface area contributed by atoms with Crippen molar-refractivity contribution in [2.45, 2.75) is 25.3 Å². The lowest BCUT2D eigenvalue weighted by atomic mass is 9.88. The lowest BCUT2D eigenvalue weighted by Gasteiger charge is -2.36. The van der Waals surface area contributed by atoms with Crippen LogP contribution in [-0.2, 0) is 12.8 Å². The highest BCUT2D eigenvalue weighted by molar-refractivity contribution is 5.95. The predicted octanol–water partition coefficient (Wildman–Crippen LogP) is 3.94. The maximum absolute atomic E-state index is 12.3. The lowest BCUT2D eigenvalue weighted by Crippen LogP contribution is -2.45. The molecule has 33 heavy (non-hydrogen) atoms. The van der Waals surface area contributed by atoms with E-state index in [1.807, 2.05) is 18.2 Å². The third kappa shape index (κ3) is 4.26. The number of piperazine rings is 1. The number of nitrogens with zero attached hydrogens (tertiary/aromatic N) is 1. The van der Waals surface area contributed by atoms with Gasteiger partial charge >= 0.3 is 0 Å². The van der Waals surface area contributed by atoms with Gasteiger partial charge in [0.2, 0.25) is 5.91 Å². The van der Waals surface area contributed by atoms with Crippen molar-refractivity contribution < 1.29 is 9.53 Å². The molecule has 3 aromatic carbocycles. The van der Waals surface area contributed by atoms with Gasteiger partial charge in [0.15, 0.2) is 0 Å². The van der Waals surface area contributed by atoms with Crippen molar-refractivity contribution in [3.63, 3.8) is 0 Å². The molecule has 1 heterocycles. The second kappa shape index (κ2) is 9.38. The first kappa shape index (κ1) is 21.7. The molecule has 1 saturated heterocycles. The molecule has 1 amide bonds. The number of nitrogens with two attached hydrogens (primary N) is 1. The van der Waals surface area contributed by atoms with E-state index in [1.165, 1.54) is 33.4 Å². The van der Waals surface area contributed by atoms with E-state index in [4.69, 9.17) is 10.5 Å². The van der Waals surface area contributed by atoms with Crippen LogP contribution in [0.1, 0.15) is 45.1 Å². The van der Waals surface area contributed by atoms with E-state index in [2.05, 4.69) is 52.7 Å². The molecule has 0 bridgehead atoms. The highest BCUT2D eigenvalue weighted by Crippen LogP contribution is 2.44. The van der Waals surface area contributed by atoms with E-state index < -0.39 is 0 Å². The van der Waals surface area contributed by atoms with Crippen molar-refractivity contribution in [1.82, 2.24) is 10.2 Å². The number of primary amides is 1. The minimum Gasteiger partial charge on any atom is -0.496 e. The van der Waals surface area contributed by atoms with Crippen LogP contribution in [0.3, 0.4) is 0 Å². The van der Waals surface area contributed by atoms with Gasteiger partial charge in [0.1, 0.15) is 5.75 Å². The van der Waals surface area contributed by atoms with Crippen molar-refractivity contribution in [3.05, 3.63) is 88.5 Å². The van der Waals surface area contributed by atoms with Gasteiger partial charge in [-0.1, -0.05) is 42.5 Å². The number of aryl methyl sites for hydroxylation is 1. The molecule has 1 aliphatic heterocycles. The Morgan fingerprint density at radius 3 is 2.61 bits per heavy atom. The molecule has 5 heteroatoms. The maximum atomic E-state index is 12.3. The molecule has 1 atom stereocenters. The van der Waals surface area contributed by atoms with Crippen LogP contribution >= 0.6 is 0 Å². The van der Waals surface area contributed by atoms with Crippen LogP contribution in [-0.4, -0.2) is 44.1 Å². The number of carbonyl (C=O) groups is 1. The fourth-order valence-corrected chi connectivity index (χ4v) is 5.45. The topological polar surface area (TPSA) is 67.6 Å². The predicted molar refractivity (Wildman–Crippen MR) is 132 cm³/mol. The van der Waals surface area contributed by atoms with Crippen LogP contribution in [0.25, 0.3) is 11.1 Å². The molecule has 1 fully saturated rings. The third-order valence-corrected chi connectivity index (χ3v) is 7.03. The van der Waals surface area contributed by atoms with Gasteiger partial charge in [0.05, 0.1) is 7.11 Å². The number of fused-ring (bicyclic) bond motifs is 3. The Morgan fingerprint density at radius 1 is 1.06 bits per heavy atom. The van der Waals surface area contributed by atoms with Crippen LogP contribution in [0, 0.1) is 0 Å². The summed E-state index contributed by atoms with van der Waals surface area (Å²) in [4.78, 5) is 14.8. The fraction of sp³-hybridized carbons (Fsp3) is 0.321. The summed E-state index contributed by atoms with van der Waals surface area (Å²) >= 11 is 0. The van der Waals surface area contributed by atoms with E-state index in [1.54, 1.807) is 7.11 Å². The number of carbonyl (C=O) groups excluding carboxylic acids is 1. The van der Waals surface area contributed by atoms with Crippen LogP contribution in [0.2, 0.25) is 0 Å². The summed E-state index contributed by atoms with van der Waals surface area (Å²) in [6.45, 7) is 3.90. The van der Waals surface area contributed by atoms with Gasteiger partial charge in [0.25, 0.3) is 0 Å². The molecule has 0 radical (unpaired) electrons. The average molecular weight is 442 g/mol. The Bertz CT molecular complexity index is 1170. The summed E-state index contributed by atoms with van der Waals surface area (Å²) in [6.07, 6.45) is 2.69. The summed E-state index contributed by atoms with van der Waals surface area (Å²) in [5, 5.41) is 3.47. The molecule has 0 spiro atoms. The van der Waals surface area contributed by atoms with Crippen molar-refractivity contribution in [2.24, 2.45) is 5.73 Å². The van der Waals surface area contributed by atoms with Crippen molar-refractivity contribution in [1.29, 1.82) is 0 Å². The molecule has 170 valence electrons. The molecular weight excluding hydrogens is 410 g/mol. The number of hydrogen-bond donors (Lipinski definition) is 2. The number of para-hydroxylation sites is 1. The zero-order valence-corrected chi connectivity index (χ0v) is 19.1. The number of methoxy groups -OCH3 is 1. The number of rotatable bonds is 7. The van der Waals surface area contributed by atoms with Gasteiger partial charge in [-0.25, -0.2) is 0 Å². The normalized spacial score (nSPS) is 16.2. The quantitative estimate of drug-likeness (QED) is 0.456. The van der Waals surface area contributed by atoms with Crippen molar-refractivity contribution in [3.8, 4) is 16.9 Å². The molecule has 2 aliphatic rings. The fourth-order valence-electron chi connectivity index (χ4n) is 5.45. The Morgan fingerprint density at radius 2 is 1.82 bits per heavy atom. The van der Waals surface area contributed by atoms with E-state index in [0.717, 1.165) is 51.2 Å². The molecule has 5 nitrogen and oxygen atoms in total. The van der Waals surface area contributed by atoms with Crippen molar-refractivity contribution in [2.75, 3.05) is 33.3 Å². The second-order valence-corrected chi connectivity index (χ2v) is 8.95. The van der Waals surface area contributed by atoms with E-state index in [-0.39, 0.29) is 11.9 Å². The maximum Gasteiger partial charge on any atom is 0.248 e. The Kier molecular flexibility index (Phi) is 6.16. The molecule has 1 aliphatic carbocycles. The summed E-state index contributed by atoms with van der Waals surface area (Å²) < 4.78 is 5.62. The Hall–Kier alpha value is -3.15. The number of benzene rings is 3. The van der Waals surface area contributed by atoms with Gasteiger partial charge in [-0.3, -0.25) is 9.69 Å². The van der Waals surface area contributed by atoms with Gasteiger partial charge < -0.3 is 15.8 Å². The summed E-state index contributed by atoms with van der Waals surface area (Å²) in [5.74, 6) is 0.566. The zero-order chi connectivity index (χ0) is 22.8. The van der Waals surface area contributed by atoms with Crippen LogP contribution in [0.5, 0.6) is 5.75 Å². The first-order valence-corrected chi connectivity index (χ1v) is 11.8. The SMILES string of the molecule is COc1ccccc1CCC(c1cc(C(N)=O)cc2c1-c1ccccc1C2)N1CCNCC1. The molecule has 0 saturated carbocycles. The van der Waals surface area contributed by atoms with E-state index in [0.29, 0.717) is 5.56 Å². The zero-order valence-electron chi connectivity index (χ0n) is 19.1. The van der Waals surface area contributed by atoms with Crippen LogP contribution < -0.4 is 15.8 Å². The number of hydrogen-bond acceptors (Lipinski definition) is 4. The molecule has 1 unspecified atom stereocenters. The molecular formula is C28H31N3O2. The monoisotopic (exact) mass is 441 g/mol. The van der Waals surface area contributed by atoms with E-state index in [9.17, 15) is 4.79 Å². The molecule has 5 rings (SSSR count). The molecule has 0 aromatic heterocycles. The molecule has 3 aromatic rings. The smallest absolute Gasteiger partial charge is 0.248 e. The number of ether oxygens (including phenoxy) is 1. The minimum atomic E-state index is -0.362. The number of amides is 1. The van der Waals surface area contributed by atoms with Crippen molar-refractivity contribution >= 4 is 5.91 Å². The minimum absolute atomic E-state index is 0.191. The largest absolute Gasteiger partial charge is 0.496 e. The first-order chi connectivity index (χ1) is 16.2. The van der Waals surface area contributed by atoms with Crippen LogP contribution in [0.15, 0.2) is 60.7 Å². The second-order valence-electron chi connectivity index (χ2n) is 8.95. The Labute approximate surface area is 195 Å². The first-order valence-electron chi connectivity index (χ1n) is 11.8. The van der Waals surface area contributed by atoms with Gasteiger partial charge in [-0.05, 0) is 70.8 Å². The third-order valence-electron chi connectivity index (χ3n) is 7.03. The number of nitrogens with one attached hydrogen (secondary N) is 1. The highest BCUT2D eigenvalue weighted by Gasteiger charge is 2.30. The highest BCUT2D eigenvalue weighted by atomic mass is 16.5. The summed E-state index contributed by atoms with van der Waals surface area (Å²) in [5.41, 5.74) is 13.9. The summed E-state index contributed by atoms with van der Waals surface area (Å²) in [7, 11) is 1.73. The van der Waals surface area contributed by atoms with Crippen LogP contribution in [0.4, 0.5) is 0 Å².